The SMILES string of the molecule is N/C(CSc1nc(N)nc(N)n1)=N\O. The summed E-state index contributed by atoms with van der Waals surface area (Å²) in [7, 11) is 0. The zero-order valence-electron chi connectivity index (χ0n) is 7.08. The molecule has 0 amide bonds. The van der Waals surface area contributed by atoms with E-state index in [0.717, 1.165) is 11.8 Å². The van der Waals surface area contributed by atoms with Crippen LogP contribution in [0.3, 0.4) is 0 Å². The summed E-state index contributed by atoms with van der Waals surface area (Å²) in [4.78, 5) is 11.2. The minimum absolute atomic E-state index is 0.0412. The van der Waals surface area contributed by atoms with Gasteiger partial charge in [0.1, 0.15) is 5.84 Å². The summed E-state index contributed by atoms with van der Waals surface area (Å²) in [5.41, 5.74) is 15.9. The van der Waals surface area contributed by atoms with E-state index in [1.165, 1.54) is 0 Å². The van der Waals surface area contributed by atoms with Crippen LogP contribution in [0.15, 0.2) is 10.3 Å². The van der Waals surface area contributed by atoms with E-state index >= 15 is 0 Å². The first kappa shape index (κ1) is 10.3. The van der Waals surface area contributed by atoms with Crippen molar-refractivity contribution >= 4 is 29.5 Å². The molecule has 9 heteroatoms. The third-order valence-corrected chi connectivity index (χ3v) is 2.01. The van der Waals surface area contributed by atoms with Crippen molar-refractivity contribution in [1.29, 1.82) is 0 Å². The molecule has 0 fully saturated rings. The second-order valence-corrected chi connectivity index (χ2v) is 3.16. The van der Waals surface area contributed by atoms with E-state index < -0.39 is 0 Å². The highest BCUT2D eigenvalue weighted by Gasteiger charge is 2.03. The van der Waals surface area contributed by atoms with Gasteiger partial charge in [0.15, 0.2) is 5.16 Å². The van der Waals surface area contributed by atoms with Gasteiger partial charge in [-0.05, 0) is 0 Å². The predicted octanol–water partition coefficient (Wildman–Crippen LogP) is -1.13. The van der Waals surface area contributed by atoms with E-state index in [-0.39, 0.29) is 23.5 Å². The molecule has 0 aliphatic heterocycles. The molecule has 0 aliphatic rings. The maximum Gasteiger partial charge on any atom is 0.225 e. The van der Waals surface area contributed by atoms with Crippen molar-refractivity contribution in [3.63, 3.8) is 0 Å². The van der Waals surface area contributed by atoms with E-state index in [9.17, 15) is 0 Å². The summed E-state index contributed by atoms with van der Waals surface area (Å²) in [5, 5.41) is 11.4. The first-order valence-electron chi connectivity index (χ1n) is 3.48. The fourth-order valence-electron chi connectivity index (χ4n) is 0.620. The van der Waals surface area contributed by atoms with Crippen LogP contribution >= 0.6 is 11.8 Å². The number of aromatic nitrogens is 3. The molecule has 1 aromatic heterocycles. The van der Waals surface area contributed by atoms with Crippen LogP contribution in [-0.4, -0.2) is 31.7 Å². The summed E-state index contributed by atoms with van der Waals surface area (Å²) >= 11 is 1.14. The Morgan fingerprint density at radius 3 is 2.36 bits per heavy atom. The van der Waals surface area contributed by atoms with E-state index in [2.05, 4.69) is 20.1 Å². The molecule has 1 rings (SSSR count). The molecule has 14 heavy (non-hydrogen) atoms. The van der Waals surface area contributed by atoms with Gasteiger partial charge in [0.05, 0.1) is 5.75 Å². The standard InChI is InChI=1S/C5H9N7OS/c6-2(12-13)1-14-5-10-3(7)9-4(8)11-5/h13H,1H2,(H2,6,12)(H4,7,8,9,10,11). The zero-order valence-corrected chi connectivity index (χ0v) is 7.90. The topological polar surface area (TPSA) is 149 Å². The number of oxime groups is 1. The van der Waals surface area contributed by atoms with Gasteiger partial charge in [0.25, 0.3) is 0 Å². The summed E-state index contributed by atoms with van der Waals surface area (Å²) < 4.78 is 0. The molecule has 0 saturated carbocycles. The molecule has 0 aromatic carbocycles. The number of rotatable bonds is 3. The number of nitrogens with two attached hydrogens (primary N) is 3. The Hall–Kier alpha value is -1.77. The molecule has 0 bridgehead atoms. The van der Waals surface area contributed by atoms with Crippen molar-refractivity contribution in [1.82, 2.24) is 15.0 Å². The summed E-state index contributed by atoms with van der Waals surface area (Å²) in [6.07, 6.45) is 0. The van der Waals surface area contributed by atoms with Gasteiger partial charge in [0, 0.05) is 0 Å². The van der Waals surface area contributed by atoms with Crippen molar-refractivity contribution in [2.24, 2.45) is 10.9 Å². The number of nitrogens with zero attached hydrogens (tertiary/aromatic N) is 4. The number of amidine groups is 1. The Bertz CT molecular complexity index is 334. The van der Waals surface area contributed by atoms with Gasteiger partial charge < -0.3 is 22.4 Å². The van der Waals surface area contributed by atoms with Crippen LogP contribution in [0, 0.1) is 0 Å². The quantitative estimate of drug-likeness (QED) is 0.163. The van der Waals surface area contributed by atoms with Gasteiger partial charge in [-0.15, -0.1) is 0 Å². The first-order valence-corrected chi connectivity index (χ1v) is 4.46. The van der Waals surface area contributed by atoms with Gasteiger partial charge in [-0.1, -0.05) is 16.9 Å². The first-order chi connectivity index (χ1) is 6.61. The molecule has 7 N–H and O–H groups in total. The average Bonchev–Trinajstić information content (AvgIpc) is 2.12. The van der Waals surface area contributed by atoms with E-state index in [1.807, 2.05) is 0 Å². The monoisotopic (exact) mass is 215 g/mol. The Labute approximate surface area is 83.6 Å². The maximum atomic E-state index is 8.27. The molecule has 1 heterocycles. The summed E-state index contributed by atoms with van der Waals surface area (Å²) in [6.45, 7) is 0. The lowest BCUT2D eigenvalue weighted by molar-refractivity contribution is 0.318. The zero-order chi connectivity index (χ0) is 10.6. The van der Waals surface area contributed by atoms with Gasteiger partial charge in [-0.2, -0.15) is 15.0 Å². The third kappa shape index (κ3) is 2.94. The molecule has 76 valence electrons. The van der Waals surface area contributed by atoms with Crippen molar-refractivity contribution in [3.8, 4) is 0 Å². The van der Waals surface area contributed by atoms with Crippen molar-refractivity contribution in [2.45, 2.75) is 5.16 Å². The second-order valence-electron chi connectivity index (χ2n) is 2.21. The van der Waals surface area contributed by atoms with Crippen LogP contribution < -0.4 is 17.2 Å². The van der Waals surface area contributed by atoms with Crippen LogP contribution in [0.5, 0.6) is 0 Å². The van der Waals surface area contributed by atoms with Gasteiger partial charge >= 0.3 is 0 Å². The van der Waals surface area contributed by atoms with Gasteiger partial charge in [-0.3, -0.25) is 0 Å². The molecule has 8 nitrogen and oxygen atoms in total. The van der Waals surface area contributed by atoms with E-state index in [0.29, 0.717) is 5.16 Å². The van der Waals surface area contributed by atoms with Crippen LogP contribution in [0.2, 0.25) is 0 Å². The Balaban J connectivity index is 2.67. The summed E-state index contributed by atoms with van der Waals surface area (Å²) in [6, 6.07) is 0. The smallest absolute Gasteiger partial charge is 0.225 e. The van der Waals surface area contributed by atoms with Crippen LogP contribution in [0.4, 0.5) is 11.9 Å². The number of thioether (sulfide) groups is 1. The highest BCUT2D eigenvalue weighted by atomic mass is 32.2. The third-order valence-electron chi connectivity index (χ3n) is 1.13. The second kappa shape index (κ2) is 4.46. The normalized spacial score (nSPS) is 11.6. The molecule has 0 radical (unpaired) electrons. The van der Waals surface area contributed by atoms with Gasteiger partial charge in [-0.25, -0.2) is 0 Å². The van der Waals surface area contributed by atoms with Crippen LogP contribution in [0.1, 0.15) is 0 Å². The number of hydrogen-bond acceptors (Lipinski definition) is 8. The molecule has 0 spiro atoms. The molecular formula is C5H9N7OS. The van der Waals surface area contributed by atoms with Crippen LogP contribution in [0.25, 0.3) is 0 Å². The minimum atomic E-state index is 0.0412. The van der Waals surface area contributed by atoms with Crippen LogP contribution in [-0.2, 0) is 0 Å². The lowest BCUT2D eigenvalue weighted by Gasteiger charge is -2.00. The molecular weight excluding hydrogens is 206 g/mol. The van der Waals surface area contributed by atoms with Gasteiger partial charge in [0.2, 0.25) is 11.9 Å². The van der Waals surface area contributed by atoms with E-state index in [1.54, 1.807) is 0 Å². The van der Waals surface area contributed by atoms with Crippen molar-refractivity contribution in [3.05, 3.63) is 0 Å². The Morgan fingerprint density at radius 2 is 1.86 bits per heavy atom. The molecule has 0 aliphatic carbocycles. The number of anilines is 2. The Kier molecular flexibility index (Phi) is 3.29. The molecule has 0 saturated heterocycles. The highest BCUT2D eigenvalue weighted by Crippen LogP contribution is 2.13. The lowest BCUT2D eigenvalue weighted by atomic mass is 10.7. The maximum absolute atomic E-state index is 8.27. The fraction of sp³-hybridized carbons (Fsp3) is 0.200. The molecule has 0 atom stereocenters. The predicted molar refractivity (Wildman–Crippen MR) is 52.8 cm³/mol. The number of hydrogen-bond donors (Lipinski definition) is 4. The van der Waals surface area contributed by atoms with E-state index in [4.69, 9.17) is 22.4 Å². The number of nitrogen functional groups attached to an aromatic ring is 2. The molecule has 0 unspecified atom stereocenters. The van der Waals surface area contributed by atoms with Crippen molar-refractivity contribution in [2.75, 3.05) is 17.2 Å². The highest BCUT2D eigenvalue weighted by molar-refractivity contribution is 7.99. The lowest BCUT2D eigenvalue weighted by Crippen LogP contribution is -2.15. The largest absolute Gasteiger partial charge is 0.409 e. The average molecular weight is 215 g/mol. The minimum Gasteiger partial charge on any atom is -0.409 e. The fourth-order valence-corrected chi connectivity index (χ4v) is 1.27. The Morgan fingerprint density at radius 1 is 1.29 bits per heavy atom. The molecule has 1 aromatic rings. The van der Waals surface area contributed by atoms with Crippen molar-refractivity contribution < 1.29 is 5.21 Å². The summed E-state index contributed by atoms with van der Waals surface area (Å²) in [5.74, 6) is 0.394.